The molecule has 3 N–H and O–H groups in total. The Morgan fingerprint density at radius 1 is 1.58 bits per heavy atom. The largest absolute Gasteiger partial charge is 0.361 e. The average molecular weight is 275 g/mol. The fourth-order valence-electron chi connectivity index (χ4n) is 1.41. The molecule has 1 amide bonds. The number of carbonyl (C=O) groups is 1. The second-order valence-corrected chi connectivity index (χ2v) is 4.95. The fraction of sp³-hybridized carbons (Fsp3) is 0.231. The molecule has 2 aromatic rings. The summed E-state index contributed by atoms with van der Waals surface area (Å²) in [5, 5.41) is 6.43. The number of hydrogen-bond acceptors (Lipinski definition) is 5. The van der Waals surface area contributed by atoms with Crippen LogP contribution in [0.1, 0.15) is 26.0 Å². The number of nitrogens with two attached hydrogens (primary N) is 1. The molecule has 0 bridgehead atoms. The van der Waals surface area contributed by atoms with Crippen LogP contribution in [0.15, 0.2) is 22.7 Å². The molecule has 2 aromatic heterocycles. The summed E-state index contributed by atoms with van der Waals surface area (Å²) in [6.45, 7) is 2.53. The number of carbonyl (C=O) groups excluding carboxylic acids is 1. The summed E-state index contributed by atoms with van der Waals surface area (Å²) in [6, 6.07) is 5.44. The molecule has 0 saturated heterocycles. The number of thiophene rings is 1. The van der Waals surface area contributed by atoms with Crippen molar-refractivity contribution in [3.05, 3.63) is 39.4 Å². The molecule has 0 aromatic carbocycles. The van der Waals surface area contributed by atoms with Gasteiger partial charge in [-0.1, -0.05) is 17.0 Å². The van der Waals surface area contributed by atoms with Gasteiger partial charge < -0.3 is 15.6 Å². The molecule has 0 radical (unpaired) electrons. The maximum Gasteiger partial charge on any atom is 0.273 e. The summed E-state index contributed by atoms with van der Waals surface area (Å²) < 4.78 is 4.85. The molecule has 0 aliphatic heterocycles. The molecule has 0 aliphatic carbocycles. The van der Waals surface area contributed by atoms with Crippen LogP contribution >= 0.6 is 11.3 Å². The molecular formula is C13H13N3O2S. The van der Waals surface area contributed by atoms with Crippen LogP contribution in [-0.2, 0) is 6.54 Å². The first-order valence-corrected chi connectivity index (χ1v) is 6.50. The van der Waals surface area contributed by atoms with Gasteiger partial charge in [-0.25, -0.2) is 0 Å². The van der Waals surface area contributed by atoms with Crippen molar-refractivity contribution in [3.8, 4) is 11.8 Å². The van der Waals surface area contributed by atoms with Crippen molar-refractivity contribution >= 4 is 17.2 Å². The summed E-state index contributed by atoms with van der Waals surface area (Å²) in [4.78, 5) is 13.7. The molecule has 0 saturated carbocycles. The zero-order chi connectivity index (χ0) is 13.7. The lowest BCUT2D eigenvalue weighted by Crippen LogP contribution is -2.22. The van der Waals surface area contributed by atoms with E-state index in [0.717, 1.165) is 9.75 Å². The molecular weight excluding hydrogens is 262 g/mol. The van der Waals surface area contributed by atoms with Gasteiger partial charge >= 0.3 is 0 Å². The van der Waals surface area contributed by atoms with Crippen LogP contribution in [0.25, 0.3) is 0 Å². The molecule has 5 nitrogen and oxygen atoms in total. The Labute approximate surface area is 114 Å². The number of nitrogens with zero attached hydrogens (tertiary/aromatic N) is 1. The van der Waals surface area contributed by atoms with Crippen LogP contribution in [-0.4, -0.2) is 17.6 Å². The van der Waals surface area contributed by atoms with Gasteiger partial charge in [0, 0.05) is 10.9 Å². The Hall–Kier alpha value is -2.10. The Balaban J connectivity index is 1.92. The topological polar surface area (TPSA) is 81.2 Å². The van der Waals surface area contributed by atoms with E-state index >= 15 is 0 Å². The predicted molar refractivity (Wildman–Crippen MR) is 72.7 cm³/mol. The summed E-state index contributed by atoms with van der Waals surface area (Å²) in [5.74, 6) is 6.10. The van der Waals surface area contributed by atoms with Crippen molar-refractivity contribution in [1.82, 2.24) is 10.5 Å². The zero-order valence-electron chi connectivity index (χ0n) is 10.4. The van der Waals surface area contributed by atoms with Crippen LogP contribution in [0.5, 0.6) is 0 Å². The molecule has 6 heteroatoms. The van der Waals surface area contributed by atoms with E-state index in [1.807, 2.05) is 12.1 Å². The normalized spacial score (nSPS) is 9.79. The molecule has 2 heterocycles. The van der Waals surface area contributed by atoms with Crippen molar-refractivity contribution in [2.24, 2.45) is 5.73 Å². The number of aromatic nitrogens is 1. The predicted octanol–water partition coefficient (Wildman–Crippen LogP) is 1.28. The first-order chi connectivity index (χ1) is 9.19. The minimum absolute atomic E-state index is 0.250. The Bertz CT molecular complexity index is 634. The van der Waals surface area contributed by atoms with Crippen molar-refractivity contribution in [3.63, 3.8) is 0 Å². The van der Waals surface area contributed by atoms with Crippen LogP contribution in [0.3, 0.4) is 0 Å². The SMILES string of the molecule is Cc1cc(C(=O)NCc2ccc(C#CCN)s2)no1. The van der Waals surface area contributed by atoms with E-state index in [1.165, 1.54) is 11.3 Å². The van der Waals surface area contributed by atoms with Crippen LogP contribution in [0, 0.1) is 18.8 Å². The standard InChI is InChI=1S/C13H13N3O2S/c1-9-7-12(16-18-9)13(17)15-8-11-5-4-10(19-11)3-2-6-14/h4-5,7H,6,8,14H2,1H3,(H,15,17). The fourth-order valence-corrected chi connectivity index (χ4v) is 2.23. The molecule has 0 atom stereocenters. The minimum atomic E-state index is -0.250. The maximum absolute atomic E-state index is 11.7. The van der Waals surface area contributed by atoms with E-state index in [1.54, 1.807) is 13.0 Å². The highest BCUT2D eigenvalue weighted by Gasteiger charge is 2.10. The Kier molecular flexibility index (Phi) is 4.34. The van der Waals surface area contributed by atoms with Crippen molar-refractivity contribution < 1.29 is 9.32 Å². The summed E-state index contributed by atoms with van der Waals surface area (Å²) in [5.41, 5.74) is 5.60. The van der Waals surface area contributed by atoms with E-state index in [9.17, 15) is 4.79 Å². The average Bonchev–Trinajstić information content (AvgIpc) is 3.02. The van der Waals surface area contributed by atoms with E-state index in [2.05, 4.69) is 22.3 Å². The lowest BCUT2D eigenvalue weighted by Gasteiger charge is -1.99. The van der Waals surface area contributed by atoms with Crippen LogP contribution < -0.4 is 11.1 Å². The maximum atomic E-state index is 11.7. The second-order valence-electron chi connectivity index (χ2n) is 3.78. The van der Waals surface area contributed by atoms with Crippen LogP contribution in [0.2, 0.25) is 0 Å². The lowest BCUT2D eigenvalue weighted by molar-refractivity contribution is 0.0942. The van der Waals surface area contributed by atoms with Gasteiger partial charge in [0.25, 0.3) is 5.91 Å². The monoisotopic (exact) mass is 275 g/mol. The number of nitrogens with one attached hydrogen (secondary N) is 1. The van der Waals surface area contributed by atoms with Gasteiger partial charge in [0.15, 0.2) is 5.69 Å². The quantitative estimate of drug-likeness (QED) is 0.827. The smallest absolute Gasteiger partial charge is 0.273 e. The van der Waals surface area contributed by atoms with E-state index in [-0.39, 0.29) is 11.6 Å². The molecule has 0 unspecified atom stereocenters. The third-order valence-corrected chi connectivity index (χ3v) is 3.26. The number of aryl methyl sites for hydroxylation is 1. The highest BCUT2D eigenvalue weighted by Crippen LogP contribution is 2.15. The molecule has 2 rings (SSSR count). The second kappa shape index (κ2) is 6.18. The van der Waals surface area contributed by atoms with Crippen molar-refractivity contribution in [2.45, 2.75) is 13.5 Å². The van der Waals surface area contributed by atoms with Gasteiger partial charge in [0.05, 0.1) is 18.0 Å². The summed E-state index contributed by atoms with van der Waals surface area (Å²) in [6.07, 6.45) is 0. The Morgan fingerprint density at radius 3 is 3.11 bits per heavy atom. The van der Waals surface area contributed by atoms with E-state index in [4.69, 9.17) is 10.3 Å². The number of amides is 1. The highest BCUT2D eigenvalue weighted by atomic mass is 32.1. The first-order valence-electron chi connectivity index (χ1n) is 5.68. The third kappa shape index (κ3) is 3.68. The van der Waals surface area contributed by atoms with E-state index < -0.39 is 0 Å². The molecule has 0 spiro atoms. The van der Waals surface area contributed by atoms with Gasteiger partial charge in [-0.2, -0.15) is 0 Å². The number of hydrogen-bond donors (Lipinski definition) is 2. The molecule has 0 fully saturated rings. The third-order valence-electron chi connectivity index (χ3n) is 2.26. The lowest BCUT2D eigenvalue weighted by atomic mass is 10.3. The molecule has 98 valence electrons. The summed E-state index contributed by atoms with van der Waals surface area (Å²) >= 11 is 1.53. The molecule has 19 heavy (non-hydrogen) atoms. The Morgan fingerprint density at radius 2 is 2.42 bits per heavy atom. The van der Waals surface area contributed by atoms with Gasteiger partial charge in [-0.05, 0) is 19.1 Å². The van der Waals surface area contributed by atoms with Gasteiger partial charge in [-0.3, -0.25) is 4.79 Å². The van der Waals surface area contributed by atoms with E-state index in [0.29, 0.717) is 18.8 Å². The van der Waals surface area contributed by atoms with Gasteiger partial charge in [0.2, 0.25) is 0 Å². The van der Waals surface area contributed by atoms with Crippen molar-refractivity contribution in [1.29, 1.82) is 0 Å². The van der Waals surface area contributed by atoms with Gasteiger partial charge in [-0.15, -0.1) is 11.3 Å². The zero-order valence-corrected chi connectivity index (χ0v) is 11.2. The minimum Gasteiger partial charge on any atom is -0.361 e. The highest BCUT2D eigenvalue weighted by molar-refractivity contribution is 7.12. The first kappa shape index (κ1) is 13.3. The summed E-state index contributed by atoms with van der Waals surface area (Å²) in [7, 11) is 0. The van der Waals surface area contributed by atoms with Crippen molar-refractivity contribution in [2.75, 3.05) is 6.54 Å². The number of rotatable bonds is 3. The molecule has 0 aliphatic rings. The van der Waals surface area contributed by atoms with Crippen LogP contribution in [0.4, 0.5) is 0 Å². The van der Waals surface area contributed by atoms with Gasteiger partial charge in [0.1, 0.15) is 5.76 Å².